The zero-order chi connectivity index (χ0) is 22.9. The quantitative estimate of drug-likeness (QED) is 0.377. The molecule has 0 aliphatic carbocycles. The molecule has 0 radical (unpaired) electrons. The number of guanidine groups is 1. The number of benzene rings is 2. The number of methoxy groups -OCH3 is 1. The number of nitrogens with one attached hydrogen (secondary N) is 2. The standard InChI is InChI=1S/C26H33N5O2/c1-3-27-26(28-17-22-19-33-25(30-22)20-10-5-4-6-11-20)29-18-24(31-14-7-8-15-31)21-12-9-13-23(16-21)32-2/h4-6,9-13,16,19,24H,3,7-8,14-15,17-18H2,1-2H3,(H2,27,28,29). The zero-order valence-electron chi connectivity index (χ0n) is 19.5. The third kappa shape index (κ3) is 6.14. The monoisotopic (exact) mass is 447 g/mol. The first kappa shape index (κ1) is 22.9. The molecule has 1 atom stereocenters. The van der Waals surface area contributed by atoms with Crippen LogP contribution in [0.3, 0.4) is 0 Å². The van der Waals surface area contributed by atoms with E-state index in [0.29, 0.717) is 12.4 Å². The summed E-state index contributed by atoms with van der Waals surface area (Å²) in [6.07, 6.45) is 4.16. The summed E-state index contributed by atoms with van der Waals surface area (Å²) >= 11 is 0. The molecule has 0 amide bonds. The van der Waals surface area contributed by atoms with Crippen molar-refractivity contribution in [2.24, 2.45) is 4.99 Å². The summed E-state index contributed by atoms with van der Waals surface area (Å²) in [5.74, 6) is 2.28. The SMILES string of the molecule is CCNC(=NCc1coc(-c2ccccc2)n1)NCC(c1cccc(OC)c1)N1CCCC1. The number of hydrogen-bond acceptors (Lipinski definition) is 5. The Hall–Kier alpha value is -3.32. The fraction of sp³-hybridized carbons (Fsp3) is 0.385. The average molecular weight is 448 g/mol. The Kier molecular flexibility index (Phi) is 7.98. The van der Waals surface area contributed by atoms with Gasteiger partial charge in [0.25, 0.3) is 0 Å². The Bertz CT molecular complexity index is 1030. The summed E-state index contributed by atoms with van der Waals surface area (Å²) in [5, 5.41) is 6.89. The van der Waals surface area contributed by atoms with Gasteiger partial charge in [0.05, 0.1) is 19.7 Å². The molecule has 0 saturated carbocycles. The van der Waals surface area contributed by atoms with E-state index in [9.17, 15) is 0 Å². The molecule has 1 aliphatic rings. The molecule has 1 saturated heterocycles. The van der Waals surface area contributed by atoms with Crippen LogP contribution in [0.4, 0.5) is 0 Å². The van der Waals surface area contributed by atoms with Gasteiger partial charge in [0, 0.05) is 18.7 Å². The van der Waals surface area contributed by atoms with Gasteiger partial charge in [0.15, 0.2) is 5.96 Å². The Morgan fingerprint density at radius 1 is 1.12 bits per heavy atom. The summed E-state index contributed by atoms with van der Waals surface area (Å²) < 4.78 is 11.1. The number of rotatable bonds is 9. The number of likely N-dealkylation sites (tertiary alicyclic amines) is 1. The lowest BCUT2D eigenvalue weighted by Gasteiger charge is -2.29. The van der Waals surface area contributed by atoms with Crippen LogP contribution in [0.2, 0.25) is 0 Å². The van der Waals surface area contributed by atoms with Gasteiger partial charge in [-0.25, -0.2) is 9.98 Å². The van der Waals surface area contributed by atoms with Crippen LogP contribution in [0.15, 0.2) is 70.3 Å². The summed E-state index contributed by atoms with van der Waals surface area (Å²) in [5.41, 5.74) is 3.02. The van der Waals surface area contributed by atoms with Gasteiger partial charge >= 0.3 is 0 Å². The summed E-state index contributed by atoms with van der Waals surface area (Å²) in [6, 6.07) is 18.5. The maximum atomic E-state index is 5.65. The first-order valence-corrected chi connectivity index (χ1v) is 11.7. The number of aliphatic imine (C=N–C) groups is 1. The highest BCUT2D eigenvalue weighted by atomic mass is 16.5. The van der Waals surface area contributed by atoms with Gasteiger partial charge < -0.3 is 19.8 Å². The third-order valence-electron chi connectivity index (χ3n) is 5.84. The molecule has 4 rings (SSSR count). The molecule has 2 aromatic carbocycles. The number of hydrogen-bond donors (Lipinski definition) is 2. The van der Waals surface area contributed by atoms with Crippen LogP contribution in [-0.4, -0.2) is 49.1 Å². The molecular weight excluding hydrogens is 414 g/mol. The lowest BCUT2D eigenvalue weighted by Crippen LogP contribution is -2.42. The van der Waals surface area contributed by atoms with Gasteiger partial charge in [0.2, 0.25) is 5.89 Å². The lowest BCUT2D eigenvalue weighted by molar-refractivity contribution is 0.245. The number of oxazole rings is 1. The van der Waals surface area contributed by atoms with E-state index in [0.717, 1.165) is 49.1 Å². The maximum absolute atomic E-state index is 5.65. The van der Waals surface area contributed by atoms with E-state index in [1.807, 2.05) is 36.4 Å². The number of aromatic nitrogens is 1. The number of ether oxygens (including phenoxy) is 1. The molecule has 1 aliphatic heterocycles. The van der Waals surface area contributed by atoms with Gasteiger partial charge in [0.1, 0.15) is 17.7 Å². The van der Waals surface area contributed by atoms with Crippen LogP contribution in [0, 0.1) is 0 Å². The van der Waals surface area contributed by atoms with E-state index >= 15 is 0 Å². The van der Waals surface area contributed by atoms with E-state index in [-0.39, 0.29) is 6.04 Å². The highest BCUT2D eigenvalue weighted by Crippen LogP contribution is 2.27. The Balaban J connectivity index is 1.44. The molecule has 1 aromatic heterocycles. The molecule has 2 N–H and O–H groups in total. The average Bonchev–Trinajstić information content (AvgIpc) is 3.56. The van der Waals surface area contributed by atoms with Gasteiger partial charge in [-0.05, 0) is 62.7 Å². The minimum absolute atomic E-state index is 0.253. The van der Waals surface area contributed by atoms with Crippen LogP contribution in [0.1, 0.15) is 37.1 Å². The highest BCUT2D eigenvalue weighted by Gasteiger charge is 2.24. The van der Waals surface area contributed by atoms with Gasteiger partial charge in [-0.3, -0.25) is 4.90 Å². The molecule has 3 aromatic rings. The summed E-state index contributed by atoms with van der Waals surface area (Å²) in [4.78, 5) is 11.9. The van der Waals surface area contributed by atoms with Crippen LogP contribution in [0.25, 0.3) is 11.5 Å². The van der Waals surface area contributed by atoms with Crippen molar-refractivity contribution in [3.63, 3.8) is 0 Å². The zero-order valence-corrected chi connectivity index (χ0v) is 19.5. The van der Waals surface area contributed by atoms with E-state index < -0.39 is 0 Å². The lowest BCUT2D eigenvalue weighted by atomic mass is 10.1. The summed E-state index contributed by atoms with van der Waals surface area (Å²) in [7, 11) is 1.71. The van der Waals surface area contributed by atoms with Crippen LogP contribution in [-0.2, 0) is 6.54 Å². The van der Waals surface area contributed by atoms with Crippen molar-refractivity contribution in [3.8, 4) is 17.2 Å². The second-order valence-corrected chi connectivity index (χ2v) is 8.12. The molecule has 33 heavy (non-hydrogen) atoms. The third-order valence-corrected chi connectivity index (χ3v) is 5.84. The number of nitrogens with zero attached hydrogens (tertiary/aromatic N) is 3. The molecule has 2 heterocycles. The molecular formula is C26H33N5O2. The molecule has 1 fully saturated rings. The smallest absolute Gasteiger partial charge is 0.226 e. The van der Waals surface area contributed by atoms with Crippen LogP contribution < -0.4 is 15.4 Å². The fourth-order valence-electron chi connectivity index (χ4n) is 4.15. The first-order chi connectivity index (χ1) is 16.3. The van der Waals surface area contributed by atoms with Gasteiger partial charge in [-0.15, -0.1) is 0 Å². The fourth-order valence-corrected chi connectivity index (χ4v) is 4.15. The van der Waals surface area contributed by atoms with E-state index in [1.54, 1.807) is 13.4 Å². The molecule has 7 nitrogen and oxygen atoms in total. The Morgan fingerprint density at radius 3 is 2.70 bits per heavy atom. The predicted octanol–water partition coefficient (Wildman–Crippen LogP) is 4.24. The van der Waals surface area contributed by atoms with E-state index in [2.05, 4.69) is 45.6 Å². The van der Waals surface area contributed by atoms with E-state index in [4.69, 9.17) is 14.1 Å². The predicted molar refractivity (Wildman–Crippen MR) is 131 cm³/mol. The van der Waals surface area contributed by atoms with Gasteiger partial charge in [-0.2, -0.15) is 0 Å². The van der Waals surface area contributed by atoms with Crippen LogP contribution >= 0.6 is 0 Å². The van der Waals surface area contributed by atoms with Crippen molar-refractivity contribution in [2.75, 3.05) is 33.3 Å². The van der Waals surface area contributed by atoms with Gasteiger partial charge in [-0.1, -0.05) is 30.3 Å². The normalized spacial score (nSPS) is 15.4. The molecule has 0 bridgehead atoms. The van der Waals surface area contributed by atoms with Crippen molar-refractivity contribution in [1.29, 1.82) is 0 Å². The second kappa shape index (κ2) is 11.5. The van der Waals surface area contributed by atoms with Crippen molar-refractivity contribution in [3.05, 3.63) is 72.1 Å². The minimum atomic E-state index is 0.253. The second-order valence-electron chi connectivity index (χ2n) is 8.12. The molecule has 1 unspecified atom stereocenters. The van der Waals surface area contributed by atoms with E-state index in [1.165, 1.54) is 18.4 Å². The van der Waals surface area contributed by atoms with Crippen molar-refractivity contribution in [2.45, 2.75) is 32.4 Å². The largest absolute Gasteiger partial charge is 0.497 e. The minimum Gasteiger partial charge on any atom is -0.497 e. The Labute approximate surface area is 195 Å². The highest BCUT2D eigenvalue weighted by molar-refractivity contribution is 5.79. The molecule has 174 valence electrons. The topological polar surface area (TPSA) is 74.9 Å². The van der Waals surface area contributed by atoms with Crippen molar-refractivity contribution in [1.82, 2.24) is 20.5 Å². The maximum Gasteiger partial charge on any atom is 0.226 e. The first-order valence-electron chi connectivity index (χ1n) is 11.7. The molecule has 7 heteroatoms. The van der Waals surface area contributed by atoms with Crippen molar-refractivity contribution < 1.29 is 9.15 Å². The summed E-state index contributed by atoms with van der Waals surface area (Å²) in [6.45, 7) is 6.28. The Morgan fingerprint density at radius 2 is 1.94 bits per heavy atom. The van der Waals surface area contributed by atoms with Crippen molar-refractivity contribution >= 4 is 5.96 Å². The molecule has 0 spiro atoms. The van der Waals surface area contributed by atoms with Crippen LogP contribution in [0.5, 0.6) is 5.75 Å².